The van der Waals surface area contributed by atoms with Crippen LogP contribution in [0.2, 0.25) is 0 Å². The molecule has 6 nitrogen and oxygen atoms in total. The summed E-state index contributed by atoms with van der Waals surface area (Å²) in [5.41, 5.74) is 3.73. The van der Waals surface area contributed by atoms with E-state index in [0.29, 0.717) is 22.5 Å². The van der Waals surface area contributed by atoms with Crippen LogP contribution >= 0.6 is 11.6 Å². The number of carboxylic acid groups (broad SMARTS) is 1. The lowest BCUT2D eigenvalue weighted by atomic mass is 9.67. The molecule has 1 aromatic carbocycles. The molecule has 4 unspecified atom stereocenters. The summed E-state index contributed by atoms with van der Waals surface area (Å²) in [5.74, 6) is -1.32. The van der Waals surface area contributed by atoms with Gasteiger partial charge in [0, 0.05) is 34.1 Å². The van der Waals surface area contributed by atoms with Crippen molar-refractivity contribution in [2.45, 2.75) is 52.4 Å². The monoisotopic (exact) mass is 551 g/mol. The van der Waals surface area contributed by atoms with Gasteiger partial charge in [0.15, 0.2) is 5.82 Å². The second-order valence-electron chi connectivity index (χ2n) is 10.4. The van der Waals surface area contributed by atoms with Gasteiger partial charge in [0.1, 0.15) is 5.52 Å². The predicted molar refractivity (Wildman–Crippen MR) is 153 cm³/mol. The largest absolute Gasteiger partial charge is 0.481 e. The van der Waals surface area contributed by atoms with E-state index in [1.54, 1.807) is 12.2 Å². The summed E-state index contributed by atoms with van der Waals surface area (Å²) in [6.07, 6.45) is 16.1. The molecule has 3 N–H and O–H groups in total. The van der Waals surface area contributed by atoms with Crippen LogP contribution in [0.5, 0.6) is 0 Å². The number of aliphatic carboxylic acids is 1. The van der Waals surface area contributed by atoms with E-state index in [2.05, 4.69) is 41.5 Å². The van der Waals surface area contributed by atoms with E-state index in [-0.39, 0.29) is 48.4 Å². The molecule has 0 spiro atoms. The highest BCUT2D eigenvalue weighted by Crippen LogP contribution is 2.47. The Hall–Kier alpha value is -3.45. The van der Waals surface area contributed by atoms with Gasteiger partial charge in [0.25, 0.3) is 5.91 Å². The van der Waals surface area contributed by atoms with Gasteiger partial charge in [-0.1, -0.05) is 67.8 Å². The number of fused-ring (bicyclic) bond motifs is 1. The Morgan fingerprint density at radius 1 is 1.28 bits per heavy atom. The third-order valence-electron chi connectivity index (χ3n) is 7.56. The molecule has 206 valence electrons. The third-order valence-corrected chi connectivity index (χ3v) is 7.82. The van der Waals surface area contributed by atoms with Gasteiger partial charge in [0.2, 0.25) is 0 Å². The molecule has 0 bridgehead atoms. The van der Waals surface area contributed by atoms with Crippen LogP contribution in [0.4, 0.5) is 4.39 Å². The zero-order valence-electron chi connectivity index (χ0n) is 22.5. The number of H-pyrrole nitrogens is 1. The first-order valence-electron chi connectivity index (χ1n) is 13.5. The number of nitrogens with one attached hydrogen (secondary N) is 2. The Bertz CT molecular complexity index is 1400. The zero-order chi connectivity index (χ0) is 28.1. The normalized spacial score (nSPS) is 20.6. The number of allylic oxidation sites excluding steroid dienone is 8. The van der Waals surface area contributed by atoms with Crippen LogP contribution in [0, 0.1) is 30.5 Å². The van der Waals surface area contributed by atoms with E-state index in [1.807, 2.05) is 31.2 Å². The molecular weight excluding hydrogens is 517 g/mol. The Balaban J connectivity index is 1.77. The maximum absolute atomic E-state index is 14.9. The number of hydrogen-bond acceptors (Lipinski definition) is 3. The van der Waals surface area contributed by atoms with Crippen LogP contribution in [-0.2, 0) is 9.59 Å². The van der Waals surface area contributed by atoms with Crippen LogP contribution < -0.4 is 5.32 Å². The third kappa shape index (κ3) is 6.59. The maximum atomic E-state index is 14.9. The second kappa shape index (κ2) is 12.6. The fraction of sp³-hybridized carbons (Fsp3) is 0.387. The summed E-state index contributed by atoms with van der Waals surface area (Å²) in [7, 11) is 0. The minimum Gasteiger partial charge on any atom is -0.481 e. The lowest BCUT2D eigenvalue weighted by Gasteiger charge is -2.37. The predicted octanol–water partition coefficient (Wildman–Crippen LogP) is 6.86. The topological polar surface area (TPSA) is 95.1 Å². The van der Waals surface area contributed by atoms with E-state index in [9.17, 15) is 14.0 Å². The molecular formula is C31H35ClFN3O3. The van der Waals surface area contributed by atoms with Crippen molar-refractivity contribution < 1.29 is 19.1 Å². The highest BCUT2D eigenvalue weighted by molar-refractivity contribution is 6.31. The lowest BCUT2D eigenvalue weighted by Crippen LogP contribution is -2.28. The standard InChI is InChI=1S/C31H35ClFN3O3/c1-4-6-24(20-7-5-8-21(10-9-20)31(39)34-14-13-27(37)38)28(23-12-11-22(32)17-19(23)3)30-25-15-18(2)16-26(33)29(25)35-36-30/h5,8-12,15-17,19,23-24,28H,4,6-7,13-14H2,1-3H3,(H,34,39)(H,35,36)(H,37,38). The number of aromatic amines is 1. The maximum Gasteiger partial charge on any atom is 0.305 e. The summed E-state index contributed by atoms with van der Waals surface area (Å²) in [4.78, 5) is 23.5. The van der Waals surface area contributed by atoms with Gasteiger partial charge >= 0.3 is 5.97 Å². The van der Waals surface area contributed by atoms with E-state index >= 15 is 0 Å². The Morgan fingerprint density at radius 2 is 2.08 bits per heavy atom. The molecule has 4 rings (SSSR count). The average Bonchev–Trinajstić information content (AvgIpc) is 3.13. The molecule has 0 saturated heterocycles. The van der Waals surface area contributed by atoms with Gasteiger partial charge in [0.05, 0.1) is 6.42 Å². The number of carbonyl (C=O) groups excluding carboxylic acids is 1. The van der Waals surface area contributed by atoms with Crippen molar-refractivity contribution in [3.63, 3.8) is 0 Å². The smallest absolute Gasteiger partial charge is 0.305 e. The van der Waals surface area contributed by atoms with Crippen LogP contribution in [0.3, 0.4) is 0 Å². The highest BCUT2D eigenvalue weighted by Gasteiger charge is 2.37. The first-order chi connectivity index (χ1) is 18.7. The molecule has 1 aromatic heterocycles. The van der Waals surface area contributed by atoms with Crippen molar-refractivity contribution in [3.05, 3.63) is 87.9 Å². The van der Waals surface area contributed by atoms with Crippen molar-refractivity contribution in [2.75, 3.05) is 6.54 Å². The van der Waals surface area contributed by atoms with E-state index in [1.165, 1.54) is 11.6 Å². The highest BCUT2D eigenvalue weighted by atomic mass is 35.5. The molecule has 0 aliphatic heterocycles. The fourth-order valence-corrected chi connectivity index (χ4v) is 6.02. The molecule has 0 fully saturated rings. The van der Waals surface area contributed by atoms with Gasteiger partial charge in [-0.2, -0.15) is 5.10 Å². The SMILES string of the molecule is CCCC(C1=CC=C(C(=O)NCCC(=O)O)C=CC1)C(c1[nH]nc2c(F)cc(C)cc12)C1C=CC(Cl)=CC1C. The summed E-state index contributed by atoms with van der Waals surface area (Å²) in [6, 6.07) is 3.50. The number of hydrogen-bond donors (Lipinski definition) is 3. The van der Waals surface area contributed by atoms with E-state index < -0.39 is 5.97 Å². The molecule has 2 aromatic rings. The molecule has 2 aliphatic carbocycles. The molecule has 0 saturated carbocycles. The molecule has 1 heterocycles. The summed E-state index contributed by atoms with van der Waals surface area (Å²) < 4.78 is 14.9. The van der Waals surface area contributed by atoms with Crippen molar-refractivity contribution in [1.29, 1.82) is 0 Å². The van der Waals surface area contributed by atoms with Crippen LogP contribution in [-0.4, -0.2) is 33.7 Å². The van der Waals surface area contributed by atoms with E-state index in [4.69, 9.17) is 16.7 Å². The van der Waals surface area contributed by atoms with Gasteiger partial charge in [-0.25, -0.2) is 4.39 Å². The number of rotatable bonds is 10. The number of benzene rings is 1. The average molecular weight is 552 g/mol. The molecule has 1 amide bonds. The number of aromatic nitrogens is 2. The van der Waals surface area contributed by atoms with Crippen molar-refractivity contribution in [1.82, 2.24) is 15.5 Å². The first-order valence-corrected chi connectivity index (χ1v) is 13.8. The zero-order valence-corrected chi connectivity index (χ0v) is 23.3. The number of carbonyl (C=O) groups is 2. The number of halogens is 2. The quantitative estimate of drug-likeness (QED) is 0.300. The number of carboxylic acids is 1. The van der Waals surface area contributed by atoms with Crippen LogP contribution in [0.1, 0.15) is 56.7 Å². The molecule has 0 radical (unpaired) electrons. The summed E-state index contributed by atoms with van der Waals surface area (Å²) in [5, 5.41) is 20.6. The number of aryl methyl sites for hydroxylation is 1. The minimum atomic E-state index is -0.958. The van der Waals surface area contributed by atoms with Gasteiger partial charge in [-0.05, 0) is 67.4 Å². The molecule has 8 heteroatoms. The summed E-state index contributed by atoms with van der Waals surface area (Å²) in [6.45, 7) is 6.26. The minimum absolute atomic E-state index is 0.0394. The molecule has 4 atom stereocenters. The molecule has 2 aliphatic rings. The van der Waals surface area contributed by atoms with E-state index in [0.717, 1.165) is 29.5 Å². The molecule has 39 heavy (non-hydrogen) atoms. The number of amides is 1. The van der Waals surface area contributed by atoms with Gasteiger partial charge in [-0.15, -0.1) is 0 Å². The Labute approximate surface area is 233 Å². The van der Waals surface area contributed by atoms with Crippen LogP contribution in [0.25, 0.3) is 10.9 Å². The lowest BCUT2D eigenvalue weighted by molar-refractivity contribution is -0.136. The van der Waals surface area contributed by atoms with Crippen molar-refractivity contribution >= 4 is 34.4 Å². The van der Waals surface area contributed by atoms with Crippen molar-refractivity contribution in [2.24, 2.45) is 17.8 Å². The van der Waals surface area contributed by atoms with Gasteiger partial charge in [-0.3, -0.25) is 14.7 Å². The second-order valence-corrected chi connectivity index (χ2v) is 10.9. The van der Waals surface area contributed by atoms with Crippen molar-refractivity contribution in [3.8, 4) is 0 Å². The number of nitrogens with zero attached hydrogens (tertiary/aromatic N) is 1. The van der Waals surface area contributed by atoms with Gasteiger partial charge < -0.3 is 10.4 Å². The summed E-state index contributed by atoms with van der Waals surface area (Å²) >= 11 is 6.36. The Kier molecular flexibility index (Phi) is 9.23. The van der Waals surface area contributed by atoms with Crippen LogP contribution in [0.15, 0.2) is 70.8 Å². The first kappa shape index (κ1) is 28.6. The Morgan fingerprint density at radius 3 is 2.79 bits per heavy atom. The fourth-order valence-electron chi connectivity index (χ4n) is 5.75.